The third-order valence-electron chi connectivity index (χ3n) is 4.43. The summed E-state index contributed by atoms with van der Waals surface area (Å²) >= 11 is 6.01. The van der Waals surface area contributed by atoms with Crippen molar-refractivity contribution in [1.29, 1.82) is 0 Å². The van der Waals surface area contributed by atoms with E-state index in [1.807, 2.05) is 25.1 Å². The van der Waals surface area contributed by atoms with E-state index in [1.54, 1.807) is 24.3 Å². The van der Waals surface area contributed by atoms with Gasteiger partial charge >= 0.3 is 0 Å². The lowest BCUT2D eigenvalue weighted by Gasteiger charge is -2.11. The number of amides is 1. The van der Waals surface area contributed by atoms with E-state index in [0.717, 1.165) is 5.56 Å². The highest BCUT2D eigenvalue weighted by Gasteiger charge is 2.17. The van der Waals surface area contributed by atoms with Gasteiger partial charge in [-0.15, -0.1) is 0 Å². The minimum atomic E-state index is -0.394. The van der Waals surface area contributed by atoms with Gasteiger partial charge in [-0.05, 0) is 61.0 Å². The Kier molecular flexibility index (Phi) is 4.86. The second kappa shape index (κ2) is 7.48. The van der Waals surface area contributed by atoms with Gasteiger partial charge in [0.15, 0.2) is 5.58 Å². The minimum Gasteiger partial charge on any atom is -0.507 e. The van der Waals surface area contributed by atoms with Gasteiger partial charge in [0.05, 0.1) is 18.2 Å². The van der Waals surface area contributed by atoms with Crippen molar-refractivity contribution in [2.45, 2.75) is 6.92 Å². The Morgan fingerprint density at radius 2 is 1.97 bits per heavy atom. The molecular weight excluding hydrogens is 392 g/mol. The third-order valence-corrected chi connectivity index (χ3v) is 4.67. The summed E-state index contributed by atoms with van der Waals surface area (Å²) in [5.41, 5.74) is 3.49. The molecule has 146 valence electrons. The van der Waals surface area contributed by atoms with Gasteiger partial charge in [0.25, 0.3) is 5.91 Å². The molecule has 1 heterocycles. The van der Waals surface area contributed by atoms with Crippen LogP contribution in [0.15, 0.2) is 59.0 Å². The molecule has 0 unspecified atom stereocenters. The number of rotatable bonds is 4. The number of fused-ring (bicyclic) bond motifs is 1. The maximum atomic E-state index is 12.7. The lowest BCUT2D eigenvalue weighted by Crippen LogP contribution is -2.13. The zero-order valence-electron chi connectivity index (χ0n) is 15.7. The Labute approximate surface area is 171 Å². The molecule has 0 fully saturated rings. The predicted octanol–water partition coefficient (Wildman–Crippen LogP) is 5.42. The Bertz CT molecular complexity index is 1230. The molecule has 3 aromatic carbocycles. The lowest BCUT2D eigenvalue weighted by atomic mass is 10.1. The number of anilines is 1. The standard InChI is InChI=1S/C22H17ClN2O4/c1-12-3-7-20-17(9-12)25-22(29-20)15-11-14(5-6-18(15)26)24-21(27)16-10-13(23)4-8-19(16)28-2/h3-11,26H,1-2H3,(H,24,27). The summed E-state index contributed by atoms with van der Waals surface area (Å²) in [6.07, 6.45) is 0. The molecule has 4 aromatic rings. The number of carbonyl (C=O) groups is 1. The maximum absolute atomic E-state index is 12.7. The van der Waals surface area contributed by atoms with E-state index in [0.29, 0.717) is 38.7 Å². The molecule has 6 nitrogen and oxygen atoms in total. The van der Waals surface area contributed by atoms with Crippen LogP contribution >= 0.6 is 11.6 Å². The van der Waals surface area contributed by atoms with E-state index in [-0.39, 0.29) is 11.6 Å². The molecule has 4 rings (SSSR count). The molecule has 7 heteroatoms. The zero-order chi connectivity index (χ0) is 20.5. The topological polar surface area (TPSA) is 84.6 Å². The molecule has 0 saturated carbocycles. The number of aromatic hydroxyl groups is 1. The van der Waals surface area contributed by atoms with Crippen LogP contribution in [0.4, 0.5) is 5.69 Å². The largest absolute Gasteiger partial charge is 0.507 e. The van der Waals surface area contributed by atoms with Gasteiger partial charge in [0.2, 0.25) is 5.89 Å². The Hall–Kier alpha value is -3.51. The summed E-state index contributed by atoms with van der Waals surface area (Å²) in [5, 5.41) is 13.5. The average Bonchev–Trinajstić information content (AvgIpc) is 3.12. The molecule has 0 aliphatic rings. The van der Waals surface area contributed by atoms with Crippen LogP contribution < -0.4 is 10.1 Å². The van der Waals surface area contributed by atoms with Gasteiger partial charge < -0.3 is 19.6 Å². The van der Waals surface area contributed by atoms with Gasteiger partial charge in [-0.3, -0.25) is 4.79 Å². The summed E-state index contributed by atoms with van der Waals surface area (Å²) in [4.78, 5) is 17.2. The highest BCUT2D eigenvalue weighted by molar-refractivity contribution is 6.31. The molecular formula is C22H17ClN2O4. The molecule has 2 N–H and O–H groups in total. The van der Waals surface area contributed by atoms with E-state index in [2.05, 4.69) is 10.3 Å². The van der Waals surface area contributed by atoms with Gasteiger partial charge in [-0.2, -0.15) is 0 Å². The van der Waals surface area contributed by atoms with Crippen molar-refractivity contribution in [3.05, 3.63) is 70.7 Å². The summed E-state index contributed by atoms with van der Waals surface area (Å²) in [7, 11) is 1.48. The number of halogens is 1. The second-order valence-corrected chi connectivity index (χ2v) is 6.96. The number of phenolic OH excluding ortho intramolecular Hbond substituents is 1. The van der Waals surface area contributed by atoms with Crippen molar-refractivity contribution >= 4 is 34.3 Å². The van der Waals surface area contributed by atoms with Crippen molar-refractivity contribution in [1.82, 2.24) is 4.98 Å². The number of aromatic nitrogens is 1. The molecule has 0 spiro atoms. The molecule has 0 saturated heterocycles. The van der Waals surface area contributed by atoms with E-state index in [1.165, 1.54) is 19.2 Å². The fraction of sp³-hybridized carbons (Fsp3) is 0.0909. The number of nitrogens with one attached hydrogen (secondary N) is 1. The first-order valence-electron chi connectivity index (χ1n) is 8.80. The van der Waals surface area contributed by atoms with Gasteiger partial charge in [0, 0.05) is 10.7 Å². The van der Waals surface area contributed by atoms with Crippen LogP contribution in [0.2, 0.25) is 5.02 Å². The number of aryl methyl sites for hydroxylation is 1. The number of methoxy groups -OCH3 is 1. The van der Waals surface area contributed by atoms with Crippen LogP contribution in [0.1, 0.15) is 15.9 Å². The third kappa shape index (κ3) is 3.75. The normalized spacial score (nSPS) is 10.9. The average molecular weight is 409 g/mol. The number of carbonyl (C=O) groups excluding carboxylic acids is 1. The van der Waals surface area contributed by atoms with Gasteiger partial charge in [0.1, 0.15) is 17.0 Å². The molecule has 0 atom stereocenters. The highest BCUT2D eigenvalue weighted by atomic mass is 35.5. The highest BCUT2D eigenvalue weighted by Crippen LogP contribution is 2.34. The van der Waals surface area contributed by atoms with Crippen molar-refractivity contribution in [3.8, 4) is 23.0 Å². The number of benzene rings is 3. The number of ether oxygens (including phenoxy) is 1. The Morgan fingerprint density at radius 1 is 1.14 bits per heavy atom. The number of phenols is 1. The van der Waals surface area contributed by atoms with E-state index >= 15 is 0 Å². The van der Waals surface area contributed by atoms with Crippen LogP contribution in [-0.2, 0) is 0 Å². The van der Waals surface area contributed by atoms with Crippen molar-refractivity contribution in [2.24, 2.45) is 0 Å². The summed E-state index contributed by atoms with van der Waals surface area (Å²) in [5.74, 6) is 0.264. The fourth-order valence-corrected chi connectivity index (χ4v) is 3.17. The molecule has 1 amide bonds. The molecule has 0 bridgehead atoms. The quantitative estimate of drug-likeness (QED) is 0.440. The number of hydrogen-bond acceptors (Lipinski definition) is 5. The monoisotopic (exact) mass is 408 g/mol. The Balaban J connectivity index is 1.68. The fourth-order valence-electron chi connectivity index (χ4n) is 2.99. The molecule has 0 radical (unpaired) electrons. The first kappa shape index (κ1) is 18.8. The zero-order valence-corrected chi connectivity index (χ0v) is 16.4. The van der Waals surface area contributed by atoms with Crippen molar-refractivity contribution in [2.75, 3.05) is 12.4 Å². The minimum absolute atomic E-state index is 0.00777. The number of oxazole rings is 1. The van der Waals surface area contributed by atoms with Crippen LogP contribution in [0.3, 0.4) is 0 Å². The first-order chi connectivity index (χ1) is 13.9. The van der Waals surface area contributed by atoms with Gasteiger partial charge in [-0.1, -0.05) is 17.7 Å². The summed E-state index contributed by atoms with van der Waals surface area (Å²) in [6.45, 7) is 1.96. The SMILES string of the molecule is COc1ccc(Cl)cc1C(=O)Nc1ccc(O)c(-c2nc3cc(C)ccc3o2)c1. The molecule has 0 aliphatic carbocycles. The number of hydrogen-bond donors (Lipinski definition) is 2. The summed E-state index contributed by atoms with van der Waals surface area (Å²) < 4.78 is 11.0. The van der Waals surface area contributed by atoms with Crippen molar-refractivity contribution < 1.29 is 19.1 Å². The maximum Gasteiger partial charge on any atom is 0.259 e. The van der Waals surface area contributed by atoms with Crippen LogP contribution in [-0.4, -0.2) is 23.1 Å². The first-order valence-corrected chi connectivity index (χ1v) is 9.18. The van der Waals surface area contributed by atoms with E-state index < -0.39 is 5.91 Å². The van der Waals surface area contributed by atoms with Crippen LogP contribution in [0, 0.1) is 6.92 Å². The second-order valence-electron chi connectivity index (χ2n) is 6.52. The predicted molar refractivity (Wildman–Crippen MR) is 112 cm³/mol. The Morgan fingerprint density at radius 3 is 2.76 bits per heavy atom. The molecule has 29 heavy (non-hydrogen) atoms. The van der Waals surface area contributed by atoms with Gasteiger partial charge in [-0.25, -0.2) is 4.98 Å². The van der Waals surface area contributed by atoms with Crippen molar-refractivity contribution in [3.63, 3.8) is 0 Å². The van der Waals surface area contributed by atoms with Crippen LogP contribution in [0.5, 0.6) is 11.5 Å². The molecule has 0 aliphatic heterocycles. The smallest absolute Gasteiger partial charge is 0.259 e. The van der Waals surface area contributed by atoms with Crippen LogP contribution in [0.25, 0.3) is 22.6 Å². The van der Waals surface area contributed by atoms with E-state index in [9.17, 15) is 9.90 Å². The number of nitrogens with zero attached hydrogens (tertiary/aromatic N) is 1. The summed E-state index contributed by atoms with van der Waals surface area (Å²) in [6, 6.07) is 15.1. The van der Waals surface area contributed by atoms with E-state index in [4.69, 9.17) is 20.8 Å². The molecule has 1 aromatic heterocycles. The lowest BCUT2D eigenvalue weighted by molar-refractivity contribution is 0.102.